The minimum atomic E-state index is -0.284. The van der Waals surface area contributed by atoms with Crippen LogP contribution in [0.4, 0.5) is 17.2 Å². The van der Waals surface area contributed by atoms with Gasteiger partial charge in [0.05, 0.1) is 5.69 Å². The summed E-state index contributed by atoms with van der Waals surface area (Å²) in [4.78, 5) is 48.1. The first-order chi connectivity index (χ1) is 21.4. The van der Waals surface area contributed by atoms with Crippen LogP contribution in [0.15, 0.2) is 77.7 Å². The Morgan fingerprint density at radius 3 is 2.16 bits per heavy atom. The summed E-state index contributed by atoms with van der Waals surface area (Å²) in [5, 5.41) is 6.17. The molecule has 0 unspecified atom stereocenters. The SMILES string of the molecule is CCN1CCN(C(=O)c2ccc(Nc3nc(-c4cccc(NC(=O)c5ccc(C(C)(C)C)cc5)c4C)cn(C)c3=O)cc2)CC1. The summed E-state index contributed by atoms with van der Waals surface area (Å²) in [5.41, 5.74) is 5.59. The van der Waals surface area contributed by atoms with Gasteiger partial charge in [-0.25, -0.2) is 4.98 Å². The lowest BCUT2D eigenvalue weighted by Gasteiger charge is -2.34. The van der Waals surface area contributed by atoms with Crippen LogP contribution in [0.1, 0.15) is 59.5 Å². The Hall–Kier alpha value is -4.76. The van der Waals surface area contributed by atoms with E-state index >= 15 is 0 Å². The van der Waals surface area contributed by atoms with Crippen molar-refractivity contribution in [1.29, 1.82) is 0 Å². The van der Waals surface area contributed by atoms with Crippen LogP contribution in [0, 0.1) is 6.92 Å². The number of benzene rings is 3. The van der Waals surface area contributed by atoms with Crippen LogP contribution in [0.2, 0.25) is 0 Å². The number of nitrogens with one attached hydrogen (secondary N) is 2. The van der Waals surface area contributed by atoms with Gasteiger partial charge >= 0.3 is 0 Å². The molecule has 0 bridgehead atoms. The summed E-state index contributed by atoms with van der Waals surface area (Å²) >= 11 is 0. The molecule has 0 aliphatic carbocycles. The number of rotatable bonds is 7. The molecule has 1 aliphatic heterocycles. The van der Waals surface area contributed by atoms with Gasteiger partial charge in [0.15, 0.2) is 5.82 Å². The Labute approximate surface area is 264 Å². The molecule has 5 rings (SSSR count). The van der Waals surface area contributed by atoms with E-state index in [4.69, 9.17) is 0 Å². The minimum Gasteiger partial charge on any atom is -0.336 e. The standard InChI is InChI=1S/C36H42N6O3/c1-7-41-19-21-42(22-20-41)34(44)26-13-17-28(18-14-26)37-32-35(45)40(6)23-31(38-32)29-9-8-10-30(24(29)2)39-33(43)25-11-15-27(16-12-25)36(3,4)5/h8-18,23H,7,19-22H2,1-6H3,(H,37,38)(H,39,43). The number of likely N-dealkylation sites (N-methyl/N-ethyl adjacent to an activating group) is 1. The van der Waals surface area contributed by atoms with Crippen LogP contribution in [0.3, 0.4) is 0 Å². The summed E-state index contributed by atoms with van der Waals surface area (Å²) in [6, 6.07) is 20.4. The fraction of sp³-hybridized carbons (Fsp3) is 0.333. The van der Waals surface area contributed by atoms with E-state index in [1.807, 2.05) is 54.3 Å². The van der Waals surface area contributed by atoms with Gasteiger partial charge in [-0.3, -0.25) is 14.4 Å². The number of hydrogen-bond acceptors (Lipinski definition) is 6. The number of amides is 2. The van der Waals surface area contributed by atoms with E-state index in [2.05, 4.69) is 48.2 Å². The number of nitrogens with zero attached hydrogens (tertiary/aromatic N) is 4. The Morgan fingerprint density at radius 2 is 1.53 bits per heavy atom. The Morgan fingerprint density at radius 1 is 0.889 bits per heavy atom. The topological polar surface area (TPSA) is 99.6 Å². The van der Waals surface area contributed by atoms with Crippen molar-refractivity contribution in [2.75, 3.05) is 43.4 Å². The van der Waals surface area contributed by atoms with Crippen molar-refractivity contribution in [3.05, 3.63) is 106 Å². The summed E-state index contributed by atoms with van der Waals surface area (Å²) < 4.78 is 1.49. The van der Waals surface area contributed by atoms with Gasteiger partial charge < -0.3 is 25.0 Å². The van der Waals surface area contributed by atoms with E-state index in [1.165, 1.54) is 4.57 Å². The second kappa shape index (κ2) is 13.1. The van der Waals surface area contributed by atoms with Gasteiger partial charge in [-0.1, -0.05) is 52.0 Å². The third kappa shape index (κ3) is 7.15. The highest BCUT2D eigenvalue weighted by Gasteiger charge is 2.21. The van der Waals surface area contributed by atoms with Gasteiger partial charge in [0, 0.05) is 67.5 Å². The second-order valence-corrected chi connectivity index (χ2v) is 12.6. The Bertz CT molecular complexity index is 1750. The first-order valence-corrected chi connectivity index (χ1v) is 15.4. The molecule has 1 saturated heterocycles. The van der Waals surface area contributed by atoms with Crippen molar-refractivity contribution in [2.24, 2.45) is 7.05 Å². The fourth-order valence-electron chi connectivity index (χ4n) is 5.46. The summed E-state index contributed by atoms with van der Waals surface area (Å²) in [6.07, 6.45) is 1.69. The maximum Gasteiger partial charge on any atom is 0.293 e. The number of hydrogen-bond donors (Lipinski definition) is 2. The molecule has 9 heteroatoms. The summed E-state index contributed by atoms with van der Waals surface area (Å²) in [6.45, 7) is 14.7. The maximum atomic E-state index is 13.1. The number of aryl methyl sites for hydroxylation is 1. The highest BCUT2D eigenvalue weighted by molar-refractivity contribution is 6.05. The lowest BCUT2D eigenvalue weighted by Crippen LogP contribution is -2.48. The lowest BCUT2D eigenvalue weighted by atomic mass is 9.86. The molecular formula is C36H42N6O3. The molecule has 0 saturated carbocycles. The second-order valence-electron chi connectivity index (χ2n) is 12.6. The van der Waals surface area contributed by atoms with Crippen LogP contribution in [0.25, 0.3) is 11.3 Å². The van der Waals surface area contributed by atoms with Crippen molar-refractivity contribution >= 4 is 29.0 Å². The number of anilines is 3. The van der Waals surface area contributed by atoms with Crippen molar-refractivity contribution in [3.8, 4) is 11.3 Å². The summed E-state index contributed by atoms with van der Waals surface area (Å²) in [7, 11) is 1.68. The third-order valence-electron chi connectivity index (χ3n) is 8.44. The zero-order chi connectivity index (χ0) is 32.3. The van der Waals surface area contributed by atoms with E-state index in [9.17, 15) is 14.4 Å². The average molecular weight is 607 g/mol. The first kappa shape index (κ1) is 31.7. The first-order valence-electron chi connectivity index (χ1n) is 15.4. The molecule has 45 heavy (non-hydrogen) atoms. The predicted molar refractivity (Wildman–Crippen MR) is 180 cm³/mol. The maximum absolute atomic E-state index is 13.1. The molecule has 2 heterocycles. The van der Waals surface area contributed by atoms with E-state index in [-0.39, 0.29) is 28.6 Å². The molecule has 2 N–H and O–H groups in total. The molecule has 1 fully saturated rings. The average Bonchev–Trinajstić information content (AvgIpc) is 3.04. The minimum absolute atomic E-state index is 0.00314. The zero-order valence-corrected chi connectivity index (χ0v) is 27.0. The van der Waals surface area contributed by atoms with Crippen molar-refractivity contribution in [1.82, 2.24) is 19.4 Å². The monoisotopic (exact) mass is 606 g/mol. The molecular weight excluding hydrogens is 564 g/mol. The number of aromatic nitrogens is 2. The van der Waals surface area contributed by atoms with E-state index in [0.717, 1.165) is 36.3 Å². The fourth-order valence-corrected chi connectivity index (χ4v) is 5.46. The van der Waals surface area contributed by atoms with Gasteiger partial charge in [0.25, 0.3) is 17.4 Å². The molecule has 3 aromatic carbocycles. The highest BCUT2D eigenvalue weighted by Crippen LogP contribution is 2.29. The molecule has 9 nitrogen and oxygen atoms in total. The predicted octanol–water partition coefficient (Wildman–Crippen LogP) is 5.83. The number of piperazine rings is 1. The smallest absolute Gasteiger partial charge is 0.293 e. The van der Waals surface area contributed by atoms with Gasteiger partial charge in [0.2, 0.25) is 0 Å². The number of carbonyl (C=O) groups excluding carboxylic acids is 2. The van der Waals surface area contributed by atoms with E-state index in [0.29, 0.717) is 41.3 Å². The molecule has 0 spiro atoms. The summed E-state index contributed by atoms with van der Waals surface area (Å²) in [5.74, 6) is -0.0214. The largest absolute Gasteiger partial charge is 0.336 e. The molecule has 4 aromatic rings. The van der Waals surface area contributed by atoms with Crippen LogP contribution >= 0.6 is 0 Å². The van der Waals surface area contributed by atoms with Crippen molar-refractivity contribution in [3.63, 3.8) is 0 Å². The zero-order valence-electron chi connectivity index (χ0n) is 27.0. The Balaban J connectivity index is 1.33. The van der Waals surface area contributed by atoms with Crippen LogP contribution in [0.5, 0.6) is 0 Å². The number of carbonyl (C=O) groups is 2. The molecule has 2 amide bonds. The van der Waals surface area contributed by atoms with E-state index in [1.54, 1.807) is 37.5 Å². The Kier molecular flexibility index (Phi) is 9.20. The van der Waals surface area contributed by atoms with Crippen LogP contribution in [-0.4, -0.2) is 63.9 Å². The lowest BCUT2D eigenvalue weighted by molar-refractivity contribution is 0.0643. The quantitative estimate of drug-likeness (QED) is 0.275. The van der Waals surface area contributed by atoms with E-state index < -0.39 is 0 Å². The van der Waals surface area contributed by atoms with Gasteiger partial charge in [-0.05, 0) is 72.5 Å². The van der Waals surface area contributed by atoms with Gasteiger partial charge in [0.1, 0.15) is 0 Å². The van der Waals surface area contributed by atoms with Gasteiger partial charge in [-0.15, -0.1) is 0 Å². The van der Waals surface area contributed by atoms with Crippen molar-refractivity contribution < 1.29 is 9.59 Å². The normalized spacial score (nSPS) is 13.9. The van der Waals surface area contributed by atoms with Gasteiger partial charge in [-0.2, -0.15) is 0 Å². The molecule has 1 aromatic heterocycles. The van der Waals surface area contributed by atoms with Crippen LogP contribution in [-0.2, 0) is 12.5 Å². The molecule has 234 valence electrons. The van der Waals surface area contributed by atoms with Crippen LogP contribution < -0.4 is 16.2 Å². The van der Waals surface area contributed by atoms with Crippen molar-refractivity contribution in [2.45, 2.75) is 40.0 Å². The molecule has 0 radical (unpaired) electrons. The molecule has 1 aliphatic rings. The third-order valence-corrected chi connectivity index (χ3v) is 8.44. The molecule has 0 atom stereocenters. The highest BCUT2D eigenvalue weighted by atomic mass is 16.2.